The average Bonchev–Trinajstić information content (AvgIpc) is 3.23. The minimum absolute atomic E-state index is 0.142. The first-order valence-corrected chi connectivity index (χ1v) is 13.1. The third-order valence-electron chi connectivity index (χ3n) is 5.06. The molecule has 9 nitrogen and oxygen atoms in total. The summed E-state index contributed by atoms with van der Waals surface area (Å²) >= 11 is 1.36. The number of carbonyl (C=O) groups excluding carboxylic acids is 1. The van der Waals surface area contributed by atoms with Crippen molar-refractivity contribution in [3.8, 4) is 22.8 Å². The highest BCUT2D eigenvalue weighted by Crippen LogP contribution is 2.35. The zero-order chi connectivity index (χ0) is 23.4. The van der Waals surface area contributed by atoms with Crippen LogP contribution < -0.4 is 14.8 Å². The lowest BCUT2D eigenvalue weighted by Crippen LogP contribution is -2.48. The number of para-hydroxylation sites is 1. The third kappa shape index (κ3) is 6.21. The molecule has 2 amide bonds. The number of hydrogen-bond acceptors (Lipinski definition) is 7. The van der Waals surface area contributed by atoms with Crippen LogP contribution in [0.1, 0.15) is 0 Å². The van der Waals surface area contributed by atoms with Gasteiger partial charge in [0, 0.05) is 42.8 Å². The molecular formula is C22H25N5O4S2. The van der Waals surface area contributed by atoms with Gasteiger partial charge >= 0.3 is 6.03 Å². The van der Waals surface area contributed by atoms with Crippen LogP contribution in [0.2, 0.25) is 0 Å². The smallest absolute Gasteiger partial charge is 0.323 e. The molecular weight excluding hydrogens is 462 g/mol. The summed E-state index contributed by atoms with van der Waals surface area (Å²) in [6, 6.07) is 14.0. The number of rotatable bonds is 6. The van der Waals surface area contributed by atoms with Crippen molar-refractivity contribution < 1.29 is 17.9 Å². The lowest BCUT2D eigenvalue weighted by Gasteiger charge is -2.32. The van der Waals surface area contributed by atoms with Crippen molar-refractivity contribution in [2.45, 2.75) is 0 Å². The second kappa shape index (κ2) is 9.77. The Labute approximate surface area is 197 Å². The number of nitrogens with zero attached hydrogens (tertiary/aromatic N) is 3. The second-order valence-corrected chi connectivity index (χ2v) is 10.4. The first kappa shape index (κ1) is 23.0. The summed E-state index contributed by atoms with van der Waals surface area (Å²) in [6.07, 6.45) is 1.10. The maximum atomic E-state index is 12.5. The van der Waals surface area contributed by atoms with Crippen LogP contribution in [0.25, 0.3) is 11.3 Å². The molecule has 1 aliphatic heterocycles. The third-order valence-corrected chi connectivity index (χ3v) is 6.42. The lowest BCUT2D eigenvalue weighted by molar-refractivity contribution is 0.164. The number of thiazole rings is 1. The highest BCUT2D eigenvalue weighted by molar-refractivity contribution is 7.92. The number of nitrogens with one attached hydrogen (secondary N) is 2. The van der Waals surface area contributed by atoms with Gasteiger partial charge in [-0.15, -0.1) is 11.3 Å². The molecule has 2 N–H and O–H groups in total. The van der Waals surface area contributed by atoms with E-state index in [2.05, 4.69) is 19.9 Å². The fourth-order valence-electron chi connectivity index (χ4n) is 3.33. The standard InChI is InChI=1S/C22H25N5O4S2/c1-26-11-13-27(14-12-26)22(28)24-21-23-19(15-32-21)18-5-3-4-6-20(18)31-17-9-7-16(8-10-17)25-33(2,29)30/h3-10,15,25H,11-14H2,1-2H3,(H,23,24,28). The van der Waals surface area contributed by atoms with Crippen LogP contribution >= 0.6 is 11.3 Å². The molecule has 0 unspecified atom stereocenters. The predicted octanol–water partition coefficient (Wildman–Crippen LogP) is 3.75. The molecule has 3 aromatic rings. The van der Waals surface area contributed by atoms with E-state index in [1.54, 1.807) is 29.2 Å². The number of sulfonamides is 1. The topological polar surface area (TPSA) is 104 Å². The second-order valence-electron chi connectivity index (χ2n) is 7.76. The van der Waals surface area contributed by atoms with E-state index >= 15 is 0 Å². The fourth-order valence-corrected chi connectivity index (χ4v) is 4.60. The van der Waals surface area contributed by atoms with Crippen LogP contribution in [0.15, 0.2) is 53.9 Å². The van der Waals surface area contributed by atoms with Crippen LogP contribution in [0.4, 0.5) is 15.6 Å². The van der Waals surface area contributed by atoms with E-state index in [4.69, 9.17) is 4.74 Å². The Morgan fingerprint density at radius 2 is 1.76 bits per heavy atom. The van der Waals surface area contributed by atoms with Gasteiger partial charge in [0.05, 0.1) is 11.9 Å². The Morgan fingerprint density at radius 3 is 2.45 bits per heavy atom. The number of carbonyl (C=O) groups is 1. The van der Waals surface area contributed by atoms with Crippen LogP contribution in [0.3, 0.4) is 0 Å². The molecule has 33 heavy (non-hydrogen) atoms. The van der Waals surface area contributed by atoms with Gasteiger partial charge in [0.2, 0.25) is 10.0 Å². The van der Waals surface area contributed by atoms with Gasteiger partial charge in [-0.05, 0) is 43.4 Å². The number of benzene rings is 2. The maximum Gasteiger partial charge on any atom is 0.323 e. The predicted molar refractivity (Wildman–Crippen MR) is 131 cm³/mol. The largest absolute Gasteiger partial charge is 0.457 e. The highest BCUT2D eigenvalue weighted by Gasteiger charge is 2.20. The van der Waals surface area contributed by atoms with Gasteiger partial charge < -0.3 is 14.5 Å². The van der Waals surface area contributed by atoms with Gasteiger partial charge in [-0.3, -0.25) is 10.0 Å². The molecule has 0 atom stereocenters. The Hall–Kier alpha value is -3.15. The summed E-state index contributed by atoms with van der Waals surface area (Å²) in [5, 5.41) is 5.29. The van der Waals surface area contributed by atoms with E-state index in [1.807, 2.05) is 36.7 Å². The van der Waals surface area contributed by atoms with Gasteiger partial charge in [0.15, 0.2) is 5.13 Å². The minimum Gasteiger partial charge on any atom is -0.457 e. The highest BCUT2D eigenvalue weighted by atomic mass is 32.2. The van der Waals surface area contributed by atoms with E-state index < -0.39 is 10.0 Å². The molecule has 1 aliphatic rings. The Kier molecular flexibility index (Phi) is 6.82. The number of hydrogen-bond donors (Lipinski definition) is 2. The number of urea groups is 1. The number of ether oxygens (including phenoxy) is 1. The van der Waals surface area contributed by atoms with E-state index in [1.165, 1.54) is 11.3 Å². The van der Waals surface area contributed by atoms with Crippen molar-refractivity contribution in [1.29, 1.82) is 0 Å². The molecule has 1 fully saturated rings. The van der Waals surface area contributed by atoms with Crippen molar-refractivity contribution >= 4 is 38.2 Å². The maximum absolute atomic E-state index is 12.5. The summed E-state index contributed by atoms with van der Waals surface area (Å²) in [7, 11) is -1.30. The molecule has 174 valence electrons. The molecule has 4 rings (SSSR count). The first-order chi connectivity index (χ1) is 15.8. The van der Waals surface area contributed by atoms with Gasteiger partial charge in [-0.2, -0.15) is 0 Å². The Balaban J connectivity index is 1.45. The summed E-state index contributed by atoms with van der Waals surface area (Å²) in [5.74, 6) is 1.16. The summed E-state index contributed by atoms with van der Waals surface area (Å²) in [6.45, 7) is 3.09. The van der Waals surface area contributed by atoms with Crippen LogP contribution in [-0.4, -0.2) is 68.7 Å². The first-order valence-electron chi connectivity index (χ1n) is 10.3. The molecule has 0 spiro atoms. The lowest BCUT2D eigenvalue weighted by atomic mass is 10.1. The Bertz CT molecular complexity index is 1220. The van der Waals surface area contributed by atoms with E-state index in [0.717, 1.165) is 24.9 Å². The van der Waals surface area contributed by atoms with Crippen molar-refractivity contribution in [3.05, 3.63) is 53.9 Å². The van der Waals surface area contributed by atoms with Crippen molar-refractivity contribution in [2.24, 2.45) is 0 Å². The van der Waals surface area contributed by atoms with Crippen LogP contribution in [0, 0.1) is 0 Å². The molecule has 0 saturated carbocycles. The molecule has 0 aliphatic carbocycles. The van der Waals surface area contributed by atoms with Gasteiger partial charge in [-0.1, -0.05) is 12.1 Å². The minimum atomic E-state index is -3.34. The molecule has 2 heterocycles. The van der Waals surface area contributed by atoms with Gasteiger partial charge in [-0.25, -0.2) is 18.2 Å². The number of likely N-dealkylation sites (N-methyl/N-ethyl adjacent to an activating group) is 1. The van der Waals surface area contributed by atoms with Gasteiger partial charge in [0.25, 0.3) is 0 Å². The summed E-state index contributed by atoms with van der Waals surface area (Å²) in [5.41, 5.74) is 1.94. The van der Waals surface area contributed by atoms with Crippen molar-refractivity contribution in [2.75, 3.05) is 49.5 Å². The number of aromatic nitrogens is 1. The molecule has 0 radical (unpaired) electrons. The molecule has 2 aromatic carbocycles. The van der Waals surface area contributed by atoms with E-state index in [0.29, 0.717) is 41.1 Å². The quantitative estimate of drug-likeness (QED) is 0.549. The zero-order valence-corrected chi connectivity index (χ0v) is 19.9. The van der Waals surface area contributed by atoms with Crippen molar-refractivity contribution in [3.63, 3.8) is 0 Å². The van der Waals surface area contributed by atoms with E-state index in [-0.39, 0.29) is 6.03 Å². The average molecular weight is 488 g/mol. The zero-order valence-electron chi connectivity index (χ0n) is 18.3. The van der Waals surface area contributed by atoms with E-state index in [9.17, 15) is 13.2 Å². The monoisotopic (exact) mass is 487 g/mol. The molecule has 0 bridgehead atoms. The summed E-state index contributed by atoms with van der Waals surface area (Å²) < 4.78 is 31.2. The SMILES string of the molecule is CN1CCN(C(=O)Nc2nc(-c3ccccc3Oc3ccc(NS(C)(=O)=O)cc3)cs2)CC1. The molecule has 1 saturated heterocycles. The number of amides is 2. The summed E-state index contributed by atoms with van der Waals surface area (Å²) in [4.78, 5) is 21.1. The molecule has 1 aromatic heterocycles. The normalized spacial score (nSPS) is 14.7. The number of anilines is 2. The Morgan fingerprint density at radius 1 is 1.06 bits per heavy atom. The molecule has 11 heteroatoms. The van der Waals surface area contributed by atoms with Crippen LogP contribution in [0.5, 0.6) is 11.5 Å². The van der Waals surface area contributed by atoms with Gasteiger partial charge in [0.1, 0.15) is 11.5 Å². The number of piperazine rings is 1. The fraction of sp³-hybridized carbons (Fsp3) is 0.273. The van der Waals surface area contributed by atoms with Crippen LogP contribution in [-0.2, 0) is 10.0 Å². The van der Waals surface area contributed by atoms with Crippen molar-refractivity contribution in [1.82, 2.24) is 14.8 Å².